The number of benzene rings is 1. The largest absolute Gasteiger partial charge is 0.399 e. The van der Waals surface area contributed by atoms with Crippen molar-refractivity contribution in [1.82, 2.24) is 4.90 Å². The number of nitrogens with zero attached hydrogens (tertiary/aromatic N) is 1. The topological polar surface area (TPSA) is 29.3 Å². The van der Waals surface area contributed by atoms with Crippen molar-refractivity contribution in [3.63, 3.8) is 0 Å². The highest BCUT2D eigenvalue weighted by Gasteiger charge is 2.10. The minimum Gasteiger partial charge on any atom is -0.399 e. The van der Waals surface area contributed by atoms with Crippen LogP contribution in [0.15, 0.2) is 18.2 Å². The standard InChI is InChI=1S/C14H21ClN2/c15-14-10-13(16)7-6-12(14)11-17-8-4-2-1-3-5-9-17/h6-7,10H,1-5,8-9,11,16H2. The maximum Gasteiger partial charge on any atom is 0.0471 e. The van der Waals surface area contributed by atoms with E-state index in [1.807, 2.05) is 12.1 Å². The van der Waals surface area contributed by atoms with Crippen molar-refractivity contribution in [2.45, 2.75) is 38.6 Å². The summed E-state index contributed by atoms with van der Waals surface area (Å²) in [6.45, 7) is 3.35. The molecule has 0 atom stereocenters. The van der Waals surface area contributed by atoms with Crippen molar-refractivity contribution in [2.24, 2.45) is 0 Å². The molecule has 0 aromatic heterocycles. The normalized spacial score (nSPS) is 18.6. The second-order valence-corrected chi connectivity index (χ2v) is 5.30. The number of hydrogen-bond donors (Lipinski definition) is 1. The first-order valence-electron chi connectivity index (χ1n) is 6.52. The first-order valence-corrected chi connectivity index (χ1v) is 6.90. The van der Waals surface area contributed by atoms with Crippen LogP contribution in [0.25, 0.3) is 0 Å². The van der Waals surface area contributed by atoms with Gasteiger partial charge in [0.25, 0.3) is 0 Å². The lowest BCUT2D eigenvalue weighted by Gasteiger charge is -2.24. The van der Waals surface area contributed by atoms with Gasteiger partial charge in [-0.05, 0) is 43.6 Å². The molecule has 17 heavy (non-hydrogen) atoms. The van der Waals surface area contributed by atoms with Gasteiger partial charge in [-0.15, -0.1) is 0 Å². The number of nitrogens with two attached hydrogens (primary N) is 1. The van der Waals surface area contributed by atoms with E-state index in [0.29, 0.717) is 0 Å². The number of likely N-dealkylation sites (tertiary alicyclic amines) is 1. The first kappa shape index (κ1) is 12.7. The average molecular weight is 253 g/mol. The molecule has 0 amide bonds. The first-order chi connectivity index (χ1) is 8.25. The summed E-state index contributed by atoms with van der Waals surface area (Å²) in [5.41, 5.74) is 7.65. The zero-order valence-corrected chi connectivity index (χ0v) is 11.0. The van der Waals surface area contributed by atoms with Crippen LogP contribution in [0.5, 0.6) is 0 Å². The van der Waals surface area contributed by atoms with Gasteiger partial charge in [0, 0.05) is 17.3 Å². The molecule has 0 spiro atoms. The third kappa shape index (κ3) is 3.90. The van der Waals surface area contributed by atoms with Gasteiger partial charge in [-0.3, -0.25) is 4.90 Å². The van der Waals surface area contributed by atoms with Crippen LogP contribution in [0.1, 0.15) is 37.7 Å². The van der Waals surface area contributed by atoms with Crippen LogP contribution in [0.4, 0.5) is 5.69 Å². The van der Waals surface area contributed by atoms with Gasteiger partial charge in [0.05, 0.1) is 0 Å². The lowest BCUT2D eigenvalue weighted by atomic mass is 10.1. The molecule has 0 bridgehead atoms. The van der Waals surface area contributed by atoms with E-state index in [2.05, 4.69) is 11.0 Å². The Morgan fingerprint density at radius 3 is 2.35 bits per heavy atom. The van der Waals surface area contributed by atoms with Crippen molar-refractivity contribution in [3.8, 4) is 0 Å². The summed E-state index contributed by atoms with van der Waals surface area (Å²) in [5, 5.41) is 0.798. The van der Waals surface area contributed by atoms with Crippen LogP contribution in [0, 0.1) is 0 Å². The summed E-state index contributed by atoms with van der Waals surface area (Å²) in [7, 11) is 0. The molecule has 1 aliphatic rings. The van der Waals surface area contributed by atoms with Crippen molar-refractivity contribution < 1.29 is 0 Å². The average Bonchev–Trinajstić information content (AvgIpc) is 2.25. The van der Waals surface area contributed by atoms with E-state index in [-0.39, 0.29) is 0 Å². The lowest BCUT2D eigenvalue weighted by molar-refractivity contribution is 0.240. The highest BCUT2D eigenvalue weighted by Crippen LogP contribution is 2.22. The van der Waals surface area contributed by atoms with Gasteiger partial charge in [-0.25, -0.2) is 0 Å². The van der Waals surface area contributed by atoms with E-state index in [1.165, 1.54) is 50.8 Å². The summed E-state index contributed by atoms with van der Waals surface area (Å²) in [4.78, 5) is 2.51. The number of nitrogen functional groups attached to an aromatic ring is 1. The molecule has 0 unspecified atom stereocenters. The van der Waals surface area contributed by atoms with Crippen molar-refractivity contribution in [3.05, 3.63) is 28.8 Å². The fraction of sp³-hybridized carbons (Fsp3) is 0.571. The Labute approximate surface area is 109 Å². The Morgan fingerprint density at radius 1 is 1.06 bits per heavy atom. The zero-order chi connectivity index (χ0) is 12.1. The Hall–Kier alpha value is -0.730. The molecule has 0 saturated carbocycles. The molecule has 1 saturated heterocycles. The van der Waals surface area contributed by atoms with E-state index >= 15 is 0 Å². The molecule has 1 aromatic rings. The molecule has 0 aliphatic carbocycles. The Balaban J connectivity index is 1.98. The van der Waals surface area contributed by atoms with Crippen molar-refractivity contribution >= 4 is 17.3 Å². The summed E-state index contributed by atoms with van der Waals surface area (Å²) >= 11 is 6.22. The Morgan fingerprint density at radius 2 is 1.71 bits per heavy atom. The van der Waals surface area contributed by atoms with Crippen molar-refractivity contribution in [1.29, 1.82) is 0 Å². The quantitative estimate of drug-likeness (QED) is 0.814. The molecule has 2 nitrogen and oxygen atoms in total. The molecule has 2 N–H and O–H groups in total. The number of rotatable bonds is 2. The van der Waals surface area contributed by atoms with E-state index in [0.717, 1.165) is 17.3 Å². The fourth-order valence-corrected chi connectivity index (χ4v) is 2.65. The molecule has 0 radical (unpaired) electrons. The van der Waals surface area contributed by atoms with Gasteiger partial charge in [-0.2, -0.15) is 0 Å². The number of halogens is 1. The minimum atomic E-state index is 0.742. The predicted molar refractivity (Wildman–Crippen MR) is 74.2 cm³/mol. The number of hydrogen-bond acceptors (Lipinski definition) is 2. The maximum atomic E-state index is 6.22. The summed E-state index contributed by atoms with van der Waals surface area (Å²) in [6, 6.07) is 5.84. The Kier molecular flexibility index (Phi) is 4.69. The van der Waals surface area contributed by atoms with Crippen molar-refractivity contribution in [2.75, 3.05) is 18.8 Å². The highest BCUT2D eigenvalue weighted by molar-refractivity contribution is 6.31. The molecule has 2 rings (SSSR count). The third-order valence-electron chi connectivity index (χ3n) is 3.42. The highest BCUT2D eigenvalue weighted by atomic mass is 35.5. The minimum absolute atomic E-state index is 0.742. The SMILES string of the molecule is Nc1ccc(CN2CCCCCCC2)c(Cl)c1. The van der Waals surface area contributed by atoms with Gasteiger partial charge in [-0.1, -0.05) is 36.9 Å². The second kappa shape index (κ2) is 6.27. The van der Waals surface area contributed by atoms with E-state index in [1.54, 1.807) is 0 Å². The van der Waals surface area contributed by atoms with Crippen LogP contribution >= 0.6 is 11.6 Å². The van der Waals surface area contributed by atoms with Crippen LogP contribution in [-0.4, -0.2) is 18.0 Å². The third-order valence-corrected chi connectivity index (χ3v) is 3.77. The summed E-state index contributed by atoms with van der Waals surface area (Å²) in [6.07, 6.45) is 6.76. The van der Waals surface area contributed by atoms with E-state index < -0.39 is 0 Å². The maximum absolute atomic E-state index is 6.22. The van der Waals surface area contributed by atoms with Gasteiger partial charge >= 0.3 is 0 Å². The molecule has 94 valence electrons. The molecular formula is C14H21ClN2. The molecule has 3 heteroatoms. The van der Waals surface area contributed by atoms with Gasteiger partial charge < -0.3 is 5.73 Å². The smallest absolute Gasteiger partial charge is 0.0471 e. The second-order valence-electron chi connectivity index (χ2n) is 4.89. The number of anilines is 1. The molecule has 1 aliphatic heterocycles. The van der Waals surface area contributed by atoms with Crippen LogP contribution in [0.2, 0.25) is 5.02 Å². The molecule has 1 fully saturated rings. The van der Waals surface area contributed by atoms with Gasteiger partial charge in [0.2, 0.25) is 0 Å². The molecule has 1 heterocycles. The fourth-order valence-electron chi connectivity index (χ4n) is 2.40. The van der Waals surface area contributed by atoms with Crippen LogP contribution in [0.3, 0.4) is 0 Å². The summed E-state index contributed by atoms with van der Waals surface area (Å²) in [5.74, 6) is 0. The van der Waals surface area contributed by atoms with Crippen LogP contribution in [-0.2, 0) is 6.54 Å². The predicted octanol–water partition coefficient (Wildman–Crippen LogP) is 3.69. The monoisotopic (exact) mass is 252 g/mol. The Bertz CT molecular complexity index is 357. The van der Waals surface area contributed by atoms with Gasteiger partial charge in [0.1, 0.15) is 0 Å². The molecule has 1 aromatic carbocycles. The van der Waals surface area contributed by atoms with E-state index in [4.69, 9.17) is 17.3 Å². The van der Waals surface area contributed by atoms with Gasteiger partial charge in [0.15, 0.2) is 0 Å². The molecular weight excluding hydrogens is 232 g/mol. The van der Waals surface area contributed by atoms with Crippen LogP contribution < -0.4 is 5.73 Å². The summed E-state index contributed by atoms with van der Waals surface area (Å²) < 4.78 is 0. The van der Waals surface area contributed by atoms with E-state index in [9.17, 15) is 0 Å². The zero-order valence-electron chi connectivity index (χ0n) is 10.3. The lowest BCUT2D eigenvalue weighted by Crippen LogP contribution is -2.27.